The van der Waals surface area contributed by atoms with Crippen molar-refractivity contribution in [2.24, 2.45) is 5.73 Å². The number of nitrogens with two attached hydrogens (primary N) is 1. The minimum atomic E-state index is -0.898. The molecule has 0 heterocycles. The summed E-state index contributed by atoms with van der Waals surface area (Å²) >= 11 is 0. The lowest BCUT2D eigenvalue weighted by atomic mass is 10.1. The first-order valence-corrected chi connectivity index (χ1v) is 3.60. The van der Waals surface area contributed by atoms with Gasteiger partial charge in [-0.15, -0.1) is 0 Å². The topological polar surface area (TPSA) is 98.5 Å². The summed E-state index contributed by atoms with van der Waals surface area (Å²) in [6.07, 6.45) is -0.980. The van der Waals surface area contributed by atoms with Gasteiger partial charge in [0.2, 0.25) is 5.91 Å². The average Bonchev–Trinajstić information content (AvgIpc) is 2.02. The van der Waals surface area contributed by atoms with Crippen LogP contribution in [0.2, 0.25) is 0 Å². The van der Waals surface area contributed by atoms with Crippen LogP contribution in [0.5, 0.6) is 0 Å². The first kappa shape index (κ1) is 11.4. The molecule has 0 rings (SSSR count). The zero-order valence-electron chi connectivity index (χ0n) is 7.49. The van der Waals surface area contributed by atoms with Crippen molar-refractivity contribution >= 4 is 17.8 Å². The molecule has 0 saturated heterocycles. The molecule has 0 aliphatic rings. The Hall–Kier alpha value is -1.59. The molecule has 2 amide bonds. The molecule has 0 saturated carbocycles. The van der Waals surface area contributed by atoms with Crippen LogP contribution in [0.1, 0.15) is 13.3 Å². The summed E-state index contributed by atoms with van der Waals surface area (Å²) in [6, 6.07) is -0.898. The van der Waals surface area contributed by atoms with Crippen LogP contribution in [-0.2, 0) is 14.3 Å². The summed E-state index contributed by atoms with van der Waals surface area (Å²) in [5, 5.41) is 2.19. The van der Waals surface area contributed by atoms with E-state index in [9.17, 15) is 14.4 Å². The molecule has 0 radical (unpaired) electrons. The normalized spacial score (nSPS) is 11.5. The predicted molar refractivity (Wildman–Crippen MR) is 43.8 cm³/mol. The third-order valence-corrected chi connectivity index (χ3v) is 1.37. The molecular weight excluding hydrogens is 176 g/mol. The third kappa shape index (κ3) is 4.78. The van der Waals surface area contributed by atoms with Crippen molar-refractivity contribution < 1.29 is 19.1 Å². The zero-order valence-corrected chi connectivity index (χ0v) is 7.49. The van der Waals surface area contributed by atoms with Gasteiger partial charge in [0.15, 0.2) is 5.78 Å². The van der Waals surface area contributed by atoms with Gasteiger partial charge in [0.05, 0.1) is 19.6 Å². The third-order valence-electron chi connectivity index (χ3n) is 1.37. The number of nitrogens with one attached hydrogen (secondary N) is 1. The molecule has 6 heteroatoms. The maximum atomic E-state index is 10.9. The lowest BCUT2D eigenvalue weighted by Gasteiger charge is -2.12. The van der Waals surface area contributed by atoms with Crippen LogP contribution in [0.4, 0.5) is 4.79 Å². The van der Waals surface area contributed by atoms with Crippen LogP contribution < -0.4 is 11.1 Å². The smallest absolute Gasteiger partial charge is 0.407 e. The molecule has 13 heavy (non-hydrogen) atoms. The van der Waals surface area contributed by atoms with Gasteiger partial charge in [0, 0.05) is 0 Å². The molecular formula is C7H12N2O4. The summed E-state index contributed by atoms with van der Waals surface area (Å²) in [7, 11) is 1.16. The van der Waals surface area contributed by atoms with E-state index in [-0.39, 0.29) is 12.2 Å². The molecule has 3 N–H and O–H groups in total. The summed E-state index contributed by atoms with van der Waals surface area (Å²) in [5.74, 6) is -0.999. The monoisotopic (exact) mass is 188 g/mol. The minimum absolute atomic E-state index is 0.218. The Bertz CT molecular complexity index is 227. The Balaban J connectivity index is 4.18. The fourth-order valence-electron chi connectivity index (χ4n) is 0.699. The van der Waals surface area contributed by atoms with Crippen LogP contribution >= 0.6 is 0 Å². The van der Waals surface area contributed by atoms with Crippen LogP contribution in [-0.4, -0.2) is 30.9 Å². The van der Waals surface area contributed by atoms with Crippen molar-refractivity contribution in [3.05, 3.63) is 0 Å². The van der Waals surface area contributed by atoms with Crippen LogP contribution in [0.25, 0.3) is 0 Å². The Morgan fingerprint density at radius 3 is 2.31 bits per heavy atom. The highest BCUT2D eigenvalue weighted by Gasteiger charge is 2.19. The first-order valence-electron chi connectivity index (χ1n) is 3.60. The largest absolute Gasteiger partial charge is 0.453 e. The molecule has 74 valence electrons. The van der Waals surface area contributed by atoms with E-state index in [4.69, 9.17) is 5.73 Å². The van der Waals surface area contributed by atoms with E-state index in [0.29, 0.717) is 0 Å². The number of carbonyl (C=O) groups excluding carboxylic acids is 3. The second-order valence-electron chi connectivity index (χ2n) is 2.47. The van der Waals surface area contributed by atoms with Crippen LogP contribution in [0, 0.1) is 0 Å². The molecule has 0 bridgehead atoms. The second-order valence-corrected chi connectivity index (χ2v) is 2.47. The molecule has 0 aromatic heterocycles. The van der Waals surface area contributed by atoms with E-state index in [0.717, 1.165) is 7.11 Å². The number of primary amides is 1. The van der Waals surface area contributed by atoms with E-state index >= 15 is 0 Å². The highest BCUT2D eigenvalue weighted by atomic mass is 16.5. The van der Waals surface area contributed by atoms with Gasteiger partial charge in [0.1, 0.15) is 0 Å². The zero-order chi connectivity index (χ0) is 10.4. The molecule has 1 atom stereocenters. The first-order chi connectivity index (χ1) is 5.97. The Morgan fingerprint density at radius 1 is 1.46 bits per heavy atom. The number of amides is 2. The van der Waals surface area contributed by atoms with E-state index in [1.165, 1.54) is 6.92 Å². The quantitative estimate of drug-likeness (QED) is 0.601. The van der Waals surface area contributed by atoms with E-state index < -0.39 is 18.0 Å². The highest BCUT2D eigenvalue weighted by molar-refractivity contribution is 5.90. The number of carbonyl (C=O) groups is 3. The van der Waals surface area contributed by atoms with Gasteiger partial charge in [-0.1, -0.05) is 0 Å². The number of ketones is 1. The fourth-order valence-corrected chi connectivity index (χ4v) is 0.699. The van der Waals surface area contributed by atoms with Crippen molar-refractivity contribution in [3.63, 3.8) is 0 Å². The molecule has 0 fully saturated rings. The van der Waals surface area contributed by atoms with Crippen molar-refractivity contribution in [2.75, 3.05) is 7.11 Å². The number of Topliss-reactive ketones (excluding diaryl/α,β-unsaturated/α-hetero) is 1. The standard InChI is InChI=1S/C7H12N2O4/c1-4(10)5(3-6(8)11)9-7(12)13-2/h5H,3H2,1-2H3,(H2,8,11)(H,9,12)/t5-/m0/s1. The minimum Gasteiger partial charge on any atom is -0.453 e. The molecule has 0 aliphatic carbocycles. The van der Waals surface area contributed by atoms with Gasteiger partial charge in [-0.3, -0.25) is 9.59 Å². The molecule has 0 spiro atoms. The molecule has 6 nitrogen and oxygen atoms in total. The highest BCUT2D eigenvalue weighted by Crippen LogP contribution is 1.93. The SMILES string of the molecule is COC(=O)N[C@@H](CC(N)=O)C(C)=O. The summed E-state index contributed by atoms with van der Waals surface area (Å²) < 4.78 is 4.26. The van der Waals surface area contributed by atoms with Gasteiger partial charge in [-0.05, 0) is 6.92 Å². The van der Waals surface area contributed by atoms with Gasteiger partial charge < -0.3 is 15.8 Å². The van der Waals surface area contributed by atoms with Crippen molar-refractivity contribution in [3.8, 4) is 0 Å². The second kappa shape index (κ2) is 5.13. The van der Waals surface area contributed by atoms with Gasteiger partial charge in [0.25, 0.3) is 0 Å². The Kier molecular flexibility index (Phi) is 4.50. The van der Waals surface area contributed by atoms with E-state index in [1.807, 2.05) is 0 Å². The molecule has 0 aromatic rings. The lowest BCUT2D eigenvalue weighted by molar-refractivity contribution is -0.124. The summed E-state index contributed by atoms with van der Waals surface area (Å²) in [4.78, 5) is 32.0. The van der Waals surface area contributed by atoms with Gasteiger partial charge >= 0.3 is 6.09 Å². The number of alkyl carbamates (subject to hydrolysis) is 1. The lowest BCUT2D eigenvalue weighted by Crippen LogP contribution is -2.42. The molecule has 0 aliphatic heterocycles. The van der Waals surface area contributed by atoms with Crippen molar-refractivity contribution in [1.82, 2.24) is 5.32 Å². The number of methoxy groups -OCH3 is 1. The van der Waals surface area contributed by atoms with Crippen molar-refractivity contribution in [1.29, 1.82) is 0 Å². The van der Waals surface area contributed by atoms with E-state index in [2.05, 4.69) is 10.1 Å². The summed E-state index contributed by atoms with van der Waals surface area (Å²) in [6.45, 7) is 1.25. The van der Waals surface area contributed by atoms with E-state index in [1.54, 1.807) is 0 Å². The molecule has 0 aromatic carbocycles. The number of rotatable bonds is 4. The maximum Gasteiger partial charge on any atom is 0.407 e. The number of hydrogen-bond acceptors (Lipinski definition) is 4. The number of ether oxygens (including phenoxy) is 1. The Labute approximate surface area is 75.4 Å². The summed E-state index contributed by atoms with van der Waals surface area (Å²) in [5.41, 5.74) is 4.87. The molecule has 0 unspecified atom stereocenters. The van der Waals surface area contributed by atoms with Crippen LogP contribution in [0.3, 0.4) is 0 Å². The predicted octanol–water partition coefficient (Wildman–Crippen LogP) is -0.825. The Morgan fingerprint density at radius 2 is 2.00 bits per heavy atom. The maximum absolute atomic E-state index is 10.9. The van der Waals surface area contributed by atoms with Gasteiger partial charge in [-0.2, -0.15) is 0 Å². The average molecular weight is 188 g/mol. The number of hydrogen-bond donors (Lipinski definition) is 2. The van der Waals surface area contributed by atoms with Crippen LogP contribution in [0.15, 0.2) is 0 Å². The van der Waals surface area contributed by atoms with Crippen molar-refractivity contribution in [2.45, 2.75) is 19.4 Å². The van der Waals surface area contributed by atoms with Gasteiger partial charge in [-0.25, -0.2) is 4.79 Å². The fraction of sp³-hybridized carbons (Fsp3) is 0.571.